The zero-order valence-corrected chi connectivity index (χ0v) is 13.3. The van der Waals surface area contributed by atoms with Gasteiger partial charge >= 0.3 is 0 Å². The molecule has 0 heteroatoms. The molecule has 0 aromatic heterocycles. The van der Waals surface area contributed by atoms with E-state index in [-0.39, 0.29) is 0 Å². The SMILES string of the molecule is CCCC(C)C(CC)C(CCC)C(C)CCC. The van der Waals surface area contributed by atoms with Crippen LogP contribution in [0.4, 0.5) is 0 Å². The van der Waals surface area contributed by atoms with Crippen LogP contribution in [0.15, 0.2) is 0 Å². The van der Waals surface area contributed by atoms with Crippen molar-refractivity contribution < 1.29 is 0 Å². The van der Waals surface area contributed by atoms with Crippen LogP contribution in [-0.2, 0) is 0 Å². The standard InChI is InChI=1S/C17H36/c1-7-11-14(5)16(10-4)17(13-9-3)15(6)12-8-2/h14-17H,7-13H2,1-6H3. The Bertz CT molecular complexity index is 161. The second kappa shape index (κ2) is 9.97. The highest BCUT2D eigenvalue weighted by molar-refractivity contribution is 4.77. The largest absolute Gasteiger partial charge is 0.0654 e. The van der Waals surface area contributed by atoms with Crippen molar-refractivity contribution in [2.45, 2.75) is 86.5 Å². The van der Waals surface area contributed by atoms with Crippen molar-refractivity contribution in [3.8, 4) is 0 Å². The molecule has 4 unspecified atom stereocenters. The van der Waals surface area contributed by atoms with Gasteiger partial charge in [0.25, 0.3) is 0 Å². The predicted octanol–water partition coefficient (Wildman–Crippen LogP) is 6.30. The summed E-state index contributed by atoms with van der Waals surface area (Å²) in [5, 5.41) is 0. The summed E-state index contributed by atoms with van der Waals surface area (Å²) in [5.74, 6) is 3.76. The molecule has 0 saturated heterocycles. The summed E-state index contributed by atoms with van der Waals surface area (Å²) >= 11 is 0. The Hall–Kier alpha value is 0. The Labute approximate surface area is 111 Å². The van der Waals surface area contributed by atoms with Crippen molar-refractivity contribution in [2.24, 2.45) is 23.7 Å². The van der Waals surface area contributed by atoms with Crippen LogP contribution in [0.5, 0.6) is 0 Å². The van der Waals surface area contributed by atoms with Crippen LogP contribution in [0, 0.1) is 23.7 Å². The second-order valence-corrected chi connectivity index (χ2v) is 6.06. The molecule has 0 N–H and O–H groups in total. The van der Waals surface area contributed by atoms with E-state index in [1.54, 1.807) is 0 Å². The van der Waals surface area contributed by atoms with Gasteiger partial charge in [-0.15, -0.1) is 0 Å². The molecule has 0 bridgehead atoms. The molecule has 0 aliphatic rings. The smallest absolute Gasteiger partial charge is 0.0358 e. The summed E-state index contributed by atoms with van der Waals surface area (Å²) in [6, 6.07) is 0. The average molecular weight is 240 g/mol. The van der Waals surface area contributed by atoms with Crippen LogP contribution >= 0.6 is 0 Å². The fourth-order valence-electron chi connectivity index (χ4n) is 3.72. The van der Waals surface area contributed by atoms with E-state index in [1.165, 1.54) is 44.9 Å². The molecule has 104 valence electrons. The van der Waals surface area contributed by atoms with Crippen LogP contribution in [0.2, 0.25) is 0 Å². The third-order valence-corrected chi connectivity index (χ3v) is 4.59. The van der Waals surface area contributed by atoms with Gasteiger partial charge in [0.05, 0.1) is 0 Å². The van der Waals surface area contributed by atoms with Gasteiger partial charge in [0.15, 0.2) is 0 Å². The van der Waals surface area contributed by atoms with Gasteiger partial charge in [-0.05, 0) is 23.7 Å². The first-order valence-corrected chi connectivity index (χ1v) is 8.12. The molecule has 0 radical (unpaired) electrons. The minimum atomic E-state index is 0.917. The van der Waals surface area contributed by atoms with E-state index in [0.717, 1.165) is 23.7 Å². The molecule has 0 fully saturated rings. The Kier molecular flexibility index (Phi) is 9.97. The molecular weight excluding hydrogens is 204 g/mol. The van der Waals surface area contributed by atoms with Crippen LogP contribution < -0.4 is 0 Å². The zero-order chi connectivity index (χ0) is 13.3. The Morgan fingerprint density at radius 1 is 0.588 bits per heavy atom. The average Bonchev–Trinajstić information content (AvgIpc) is 2.29. The highest BCUT2D eigenvalue weighted by Gasteiger charge is 2.28. The van der Waals surface area contributed by atoms with Crippen LogP contribution in [0.3, 0.4) is 0 Å². The molecule has 0 aliphatic heterocycles. The van der Waals surface area contributed by atoms with E-state index in [1.807, 2.05) is 0 Å². The van der Waals surface area contributed by atoms with Gasteiger partial charge in [-0.2, -0.15) is 0 Å². The Balaban J connectivity index is 4.59. The molecule has 0 aromatic carbocycles. The van der Waals surface area contributed by atoms with Gasteiger partial charge in [0.1, 0.15) is 0 Å². The third-order valence-electron chi connectivity index (χ3n) is 4.59. The van der Waals surface area contributed by atoms with Crippen molar-refractivity contribution in [1.29, 1.82) is 0 Å². The molecule has 0 spiro atoms. The van der Waals surface area contributed by atoms with Crippen LogP contribution in [0.1, 0.15) is 86.5 Å². The molecule has 0 aromatic rings. The highest BCUT2D eigenvalue weighted by Crippen LogP contribution is 2.37. The van der Waals surface area contributed by atoms with Crippen molar-refractivity contribution in [1.82, 2.24) is 0 Å². The van der Waals surface area contributed by atoms with E-state index in [0.29, 0.717) is 0 Å². The lowest BCUT2D eigenvalue weighted by atomic mass is 9.70. The van der Waals surface area contributed by atoms with Crippen molar-refractivity contribution in [3.63, 3.8) is 0 Å². The van der Waals surface area contributed by atoms with Crippen molar-refractivity contribution in [3.05, 3.63) is 0 Å². The maximum absolute atomic E-state index is 2.49. The number of hydrogen-bond donors (Lipinski definition) is 0. The molecule has 0 nitrogen and oxygen atoms in total. The third kappa shape index (κ3) is 5.93. The van der Waals surface area contributed by atoms with Crippen LogP contribution in [-0.4, -0.2) is 0 Å². The van der Waals surface area contributed by atoms with E-state index in [9.17, 15) is 0 Å². The molecule has 0 rings (SSSR count). The summed E-state index contributed by atoms with van der Waals surface area (Å²) < 4.78 is 0. The fraction of sp³-hybridized carbons (Fsp3) is 1.00. The molecule has 0 amide bonds. The number of hydrogen-bond acceptors (Lipinski definition) is 0. The van der Waals surface area contributed by atoms with Gasteiger partial charge in [-0.25, -0.2) is 0 Å². The first-order chi connectivity index (χ1) is 8.12. The lowest BCUT2D eigenvalue weighted by Gasteiger charge is -2.35. The van der Waals surface area contributed by atoms with E-state index in [2.05, 4.69) is 41.5 Å². The topological polar surface area (TPSA) is 0 Å². The molecule has 17 heavy (non-hydrogen) atoms. The first-order valence-electron chi connectivity index (χ1n) is 8.12. The normalized spacial score (nSPS) is 18.7. The van der Waals surface area contributed by atoms with Gasteiger partial charge in [-0.3, -0.25) is 0 Å². The fourth-order valence-corrected chi connectivity index (χ4v) is 3.72. The van der Waals surface area contributed by atoms with Gasteiger partial charge in [0.2, 0.25) is 0 Å². The summed E-state index contributed by atoms with van der Waals surface area (Å²) in [5.41, 5.74) is 0. The molecule has 0 saturated carbocycles. The summed E-state index contributed by atoms with van der Waals surface area (Å²) in [4.78, 5) is 0. The lowest BCUT2D eigenvalue weighted by molar-refractivity contribution is 0.147. The molecule has 0 aliphatic carbocycles. The lowest BCUT2D eigenvalue weighted by Crippen LogP contribution is -2.26. The predicted molar refractivity (Wildman–Crippen MR) is 80.3 cm³/mol. The summed E-state index contributed by atoms with van der Waals surface area (Å²) in [6.07, 6.45) is 9.69. The zero-order valence-electron chi connectivity index (χ0n) is 13.3. The highest BCUT2D eigenvalue weighted by atomic mass is 14.3. The maximum Gasteiger partial charge on any atom is -0.0358 e. The van der Waals surface area contributed by atoms with Gasteiger partial charge in [-0.1, -0.05) is 86.5 Å². The monoisotopic (exact) mass is 240 g/mol. The molecular formula is C17H36. The van der Waals surface area contributed by atoms with Crippen molar-refractivity contribution >= 4 is 0 Å². The maximum atomic E-state index is 2.49. The minimum absolute atomic E-state index is 0.917. The first kappa shape index (κ1) is 17.0. The van der Waals surface area contributed by atoms with Gasteiger partial charge < -0.3 is 0 Å². The quantitative estimate of drug-likeness (QED) is 0.420. The van der Waals surface area contributed by atoms with Crippen molar-refractivity contribution in [2.75, 3.05) is 0 Å². The van der Waals surface area contributed by atoms with E-state index < -0.39 is 0 Å². The second-order valence-electron chi connectivity index (χ2n) is 6.06. The Morgan fingerprint density at radius 3 is 1.35 bits per heavy atom. The summed E-state index contributed by atoms with van der Waals surface area (Å²) in [7, 11) is 0. The van der Waals surface area contributed by atoms with E-state index in [4.69, 9.17) is 0 Å². The molecule has 0 heterocycles. The molecule has 4 atom stereocenters. The Morgan fingerprint density at radius 2 is 1.00 bits per heavy atom. The van der Waals surface area contributed by atoms with E-state index >= 15 is 0 Å². The minimum Gasteiger partial charge on any atom is -0.0654 e. The van der Waals surface area contributed by atoms with Crippen LogP contribution in [0.25, 0.3) is 0 Å². The van der Waals surface area contributed by atoms with Gasteiger partial charge in [0, 0.05) is 0 Å². The summed E-state index contributed by atoms with van der Waals surface area (Å²) in [6.45, 7) is 14.4. The number of rotatable bonds is 10.